The van der Waals surface area contributed by atoms with Gasteiger partial charge in [-0.05, 0) is 12.8 Å². The molecule has 4 heteroatoms. The summed E-state index contributed by atoms with van der Waals surface area (Å²) in [5.41, 5.74) is 18.8. The highest BCUT2D eigenvalue weighted by atomic mass is 16.5. The van der Waals surface area contributed by atoms with Crippen molar-refractivity contribution in [2.24, 2.45) is 23.1 Å². The molecular formula is C9H17N3O. The van der Waals surface area contributed by atoms with Crippen LogP contribution in [-0.2, 0) is 4.74 Å². The lowest BCUT2D eigenvalue weighted by molar-refractivity contribution is 0.270. The Morgan fingerprint density at radius 1 is 1.31 bits per heavy atom. The van der Waals surface area contributed by atoms with Crippen LogP contribution in [0.4, 0.5) is 0 Å². The van der Waals surface area contributed by atoms with Gasteiger partial charge < -0.3 is 21.9 Å². The Balaban J connectivity index is 3.04. The van der Waals surface area contributed by atoms with Crippen LogP contribution in [0.15, 0.2) is 22.9 Å². The summed E-state index contributed by atoms with van der Waals surface area (Å²) in [6.07, 6.45) is 0. The van der Waals surface area contributed by atoms with Crippen molar-refractivity contribution < 1.29 is 4.74 Å². The second-order valence-electron chi connectivity index (χ2n) is 3.57. The summed E-state index contributed by atoms with van der Waals surface area (Å²) in [5.74, 6) is 1.25. The Bertz CT molecular complexity index is 279. The third-order valence-corrected chi connectivity index (χ3v) is 2.25. The Morgan fingerprint density at radius 3 is 2.31 bits per heavy atom. The van der Waals surface area contributed by atoms with Gasteiger partial charge >= 0.3 is 0 Å². The summed E-state index contributed by atoms with van der Waals surface area (Å²) in [6.45, 7) is 5.79. The maximum absolute atomic E-state index is 5.90. The molecule has 0 aromatic heterocycles. The molecule has 0 aromatic rings. The molecule has 0 amide bonds. The standard InChI is InChI=1S/C9H17N3O/c1-4(2)6-8(11)7(10)5(3)13-9(6)12/h4,8H,10-12H2,1-3H3. The minimum atomic E-state index is -0.297. The van der Waals surface area contributed by atoms with E-state index in [4.69, 9.17) is 21.9 Å². The zero-order chi connectivity index (χ0) is 10.2. The summed E-state index contributed by atoms with van der Waals surface area (Å²) in [6, 6.07) is -0.297. The fourth-order valence-corrected chi connectivity index (χ4v) is 1.47. The summed E-state index contributed by atoms with van der Waals surface area (Å²) in [5, 5.41) is 0. The number of rotatable bonds is 1. The molecule has 0 aliphatic carbocycles. The first kappa shape index (κ1) is 9.92. The maximum Gasteiger partial charge on any atom is 0.191 e. The van der Waals surface area contributed by atoms with E-state index in [0.29, 0.717) is 17.3 Å². The molecule has 0 radical (unpaired) electrons. The van der Waals surface area contributed by atoms with Gasteiger partial charge in [0.25, 0.3) is 0 Å². The Kier molecular flexibility index (Phi) is 2.52. The van der Waals surface area contributed by atoms with Crippen LogP contribution in [0, 0.1) is 5.92 Å². The highest BCUT2D eigenvalue weighted by Crippen LogP contribution is 2.26. The summed E-state index contributed by atoms with van der Waals surface area (Å²) >= 11 is 0. The zero-order valence-electron chi connectivity index (χ0n) is 8.29. The quantitative estimate of drug-likeness (QED) is 0.547. The molecule has 74 valence electrons. The molecule has 1 aliphatic rings. The van der Waals surface area contributed by atoms with Crippen molar-refractivity contribution in [2.45, 2.75) is 26.8 Å². The number of hydrogen-bond acceptors (Lipinski definition) is 4. The van der Waals surface area contributed by atoms with Crippen LogP contribution >= 0.6 is 0 Å². The van der Waals surface area contributed by atoms with Gasteiger partial charge in [-0.1, -0.05) is 13.8 Å². The Labute approximate surface area is 78.4 Å². The summed E-state index contributed by atoms with van der Waals surface area (Å²) in [4.78, 5) is 0. The van der Waals surface area contributed by atoms with E-state index in [9.17, 15) is 0 Å². The molecule has 1 aliphatic heterocycles. The van der Waals surface area contributed by atoms with Crippen LogP contribution in [0.2, 0.25) is 0 Å². The summed E-state index contributed by atoms with van der Waals surface area (Å²) in [7, 11) is 0. The van der Waals surface area contributed by atoms with Gasteiger partial charge in [-0.2, -0.15) is 0 Å². The molecule has 13 heavy (non-hydrogen) atoms. The molecule has 0 aromatic carbocycles. The Morgan fingerprint density at radius 2 is 1.85 bits per heavy atom. The predicted octanol–water partition coefficient (Wildman–Crippen LogP) is 0.360. The van der Waals surface area contributed by atoms with E-state index in [-0.39, 0.29) is 12.0 Å². The van der Waals surface area contributed by atoms with E-state index in [2.05, 4.69) is 0 Å². The molecule has 1 heterocycles. The van der Waals surface area contributed by atoms with Crippen LogP contribution in [0.1, 0.15) is 20.8 Å². The zero-order valence-corrected chi connectivity index (χ0v) is 8.29. The van der Waals surface area contributed by atoms with Crippen LogP contribution in [0.3, 0.4) is 0 Å². The first-order chi connectivity index (χ1) is 5.95. The van der Waals surface area contributed by atoms with Crippen molar-refractivity contribution in [1.82, 2.24) is 0 Å². The van der Waals surface area contributed by atoms with Crippen molar-refractivity contribution in [1.29, 1.82) is 0 Å². The average molecular weight is 183 g/mol. The largest absolute Gasteiger partial charge is 0.444 e. The second kappa shape index (κ2) is 3.30. The molecule has 0 saturated heterocycles. The van der Waals surface area contributed by atoms with Crippen LogP contribution in [-0.4, -0.2) is 6.04 Å². The number of allylic oxidation sites excluding steroid dienone is 1. The topological polar surface area (TPSA) is 87.3 Å². The SMILES string of the molecule is CC1=C(N)C(N)C(C(C)C)=C(N)O1. The van der Waals surface area contributed by atoms with E-state index in [1.807, 2.05) is 13.8 Å². The predicted molar refractivity (Wildman–Crippen MR) is 52.0 cm³/mol. The van der Waals surface area contributed by atoms with Gasteiger partial charge in [0.05, 0.1) is 11.7 Å². The van der Waals surface area contributed by atoms with Crippen molar-refractivity contribution in [3.8, 4) is 0 Å². The molecule has 1 unspecified atom stereocenters. The molecule has 1 rings (SSSR count). The van der Waals surface area contributed by atoms with Gasteiger partial charge in [-0.15, -0.1) is 0 Å². The van der Waals surface area contributed by atoms with Crippen LogP contribution < -0.4 is 17.2 Å². The van der Waals surface area contributed by atoms with E-state index in [0.717, 1.165) is 5.57 Å². The molecule has 6 N–H and O–H groups in total. The lowest BCUT2D eigenvalue weighted by Gasteiger charge is -2.27. The van der Waals surface area contributed by atoms with E-state index >= 15 is 0 Å². The fraction of sp³-hybridized carbons (Fsp3) is 0.556. The van der Waals surface area contributed by atoms with E-state index in [1.165, 1.54) is 0 Å². The number of nitrogens with two attached hydrogens (primary N) is 3. The van der Waals surface area contributed by atoms with Crippen molar-refractivity contribution in [3.63, 3.8) is 0 Å². The highest BCUT2D eigenvalue weighted by Gasteiger charge is 2.26. The van der Waals surface area contributed by atoms with Crippen molar-refractivity contribution >= 4 is 0 Å². The number of ether oxygens (including phenoxy) is 1. The van der Waals surface area contributed by atoms with Crippen LogP contribution in [0.25, 0.3) is 0 Å². The molecule has 1 atom stereocenters. The van der Waals surface area contributed by atoms with Gasteiger partial charge in [-0.25, -0.2) is 0 Å². The first-order valence-electron chi connectivity index (χ1n) is 4.34. The van der Waals surface area contributed by atoms with Gasteiger partial charge in [-0.3, -0.25) is 0 Å². The van der Waals surface area contributed by atoms with Gasteiger partial charge in [0, 0.05) is 5.57 Å². The minimum absolute atomic E-state index is 0.252. The third kappa shape index (κ3) is 1.62. The Hall–Kier alpha value is -1.16. The van der Waals surface area contributed by atoms with E-state index in [1.54, 1.807) is 6.92 Å². The molecule has 0 spiro atoms. The smallest absolute Gasteiger partial charge is 0.191 e. The highest BCUT2D eigenvalue weighted by molar-refractivity contribution is 5.32. The lowest BCUT2D eigenvalue weighted by atomic mass is 9.93. The molecular weight excluding hydrogens is 166 g/mol. The molecule has 0 bridgehead atoms. The van der Waals surface area contributed by atoms with Gasteiger partial charge in [0.2, 0.25) is 0 Å². The van der Waals surface area contributed by atoms with Crippen LogP contribution in [0.5, 0.6) is 0 Å². The molecule has 0 saturated carbocycles. The minimum Gasteiger partial charge on any atom is -0.444 e. The maximum atomic E-state index is 5.90. The monoisotopic (exact) mass is 183 g/mol. The van der Waals surface area contributed by atoms with Crippen molar-refractivity contribution in [2.75, 3.05) is 0 Å². The molecule has 4 nitrogen and oxygen atoms in total. The average Bonchev–Trinajstić information content (AvgIpc) is 1.99. The second-order valence-corrected chi connectivity index (χ2v) is 3.57. The van der Waals surface area contributed by atoms with E-state index < -0.39 is 0 Å². The van der Waals surface area contributed by atoms with Crippen molar-refractivity contribution in [3.05, 3.63) is 22.9 Å². The fourth-order valence-electron chi connectivity index (χ4n) is 1.47. The third-order valence-electron chi connectivity index (χ3n) is 2.25. The van der Waals surface area contributed by atoms with Gasteiger partial charge in [0.1, 0.15) is 5.76 Å². The first-order valence-corrected chi connectivity index (χ1v) is 4.34. The lowest BCUT2D eigenvalue weighted by Crippen LogP contribution is -2.38. The number of hydrogen-bond donors (Lipinski definition) is 3. The normalized spacial score (nSPS) is 23.9. The molecule has 0 fully saturated rings. The summed E-state index contributed by atoms with van der Waals surface area (Å²) < 4.78 is 5.27. The van der Waals surface area contributed by atoms with Gasteiger partial charge in [0.15, 0.2) is 5.88 Å².